The van der Waals surface area contributed by atoms with Crippen LogP contribution in [0, 0.1) is 0 Å². The Morgan fingerprint density at radius 2 is 1.24 bits per heavy atom. The van der Waals surface area contributed by atoms with Crippen molar-refractivity contribution in [1.29, 1.82) is 0 Å². The summed E-state index contributed by atoms with van der Waals surface area (Å²) in [5.41, 5.74) is 3.30. The standard InChI is InChI=1S/C18H15ClN2/c19-11-14-12-20-18(21-13-14)17(15-7-3-1-4-8-15)16-9-5-2-6-10-16/h1-10,12-13,17H,11H2. The molecule has 21 heavy (non-hydrogen) atoms. The molecule has 2 aromatic carbocycles. The van der Waals surface area contributed by atoms with Gasteiger partial charge in [0.25, 0.3) is 0 Å². The van der Waals surface area contributed by atoms with Gasteiger partial charge in [-0.05, 0) is 11.1 Å². The summed E-state index contributed by atoms with van der Waals surface area (Å²) in [5, 5.41) is 0. The van der Waals surface area contributed by atoms with E-state index >= 15 is 0 Å². The number of alkyl halides is 1. The number of hydrogen-bond donors (Lipinski definition) is 0. The number of aromatic nitrogens is 2. The van der Waals surface area contributed by atoms with Crippen LogP contribution in [0.15, 0.2) is 73.1 Å². The third-order valence-corrected chi connectivity index (χ3v) is 3.71. The van der Waals surface area contributed by atoms with Crippen LogP contribution in [0.4, 0.5) is 0 Å². The highest BCUT2D eigenvalue weighted by atomic mass is 35.5. The molecular formula is C18H15ClN2. The van der Waals surface area contributed by atoms with Crippen LogP contribution in [-0.2, 0) is 5.88 Å². The molecule has 0 bridgehead atoms. The van der Waals surface area contributed by atoms with Gasteiger partial charge in [0.2, 0.25) is 0 Å². The maximum absolute atomic E-state index is 5.81. The molecule has 0 amide bonds. The zero-order chi connectivity index (χ0) is 14.5. The van der Waals surface area contributed by atoms with E-state index in [1.807, 2.05) is 36.4 Å². The second kappa shape index (κ2) is 6.51. The van der Waals surface area contributed by atoms with E-state index in [1.54, 1.807) is 12.4 Å². The summed E-state index contributed by atoms with van der Waals surface area (Å²) >= 11 is 5.81. The van der Waals surface area contributed by atoms with Crippen LogP contribution < -0.4 is 0 Å². The summed E-state index contributed by atoms with van der Waals surface area (Å²) in [6, 6.07) is 20.6. The molecule has 0 radical (unpaired) electrons. The van der Waals surface area contributed by atoms with Crippen LogP contribution in [0.25, 0.3) is 0 Å². The molecule has 2 nitrogen and oxygen atoms in total. The highest BCUT2D eigenvalue weighted by Crippen LogP contribution is 2.29. The molecule has 104 valence electrons. The molecule has 0 saturated carbocycles. The average molecular weight is 295 g/mol. The summed E-state index contributed by atoms with van der Waals surface area (Å²) < 4.78 is 0. The fourth-order valence-corrected chi connectivity index (χ4v) is 2.50. The molecule has 0 aliphatic rings. The van der Waals surface area contributed by atoms with Gasteiger partial charge in [0.1, 0.15) is 5.82 Å². The Bertz CT molecular complexity index is 642. The predicted octanol–water partition coefficient (Wildman–Crippen LogP) is 4.40. The first-order chi connectivity index (χ1) is 10.4. The summed E-state index contributed by atoms with van der Waals surface area (Å²) in [5.74, 6) is 1.26. The first kappa shape index (κ1) is 13.8. The van der Waals surface area contributed by atoms with Crippen molar-refractivity contribution in [2.24, 2.45) is 0 Å². The van der Waals surface area contributed by atoms with E-state index in [2.05, 4.69) is 34.2 Å². The number of benzene rings is 2. The van der Waals surface area contributed by atoms with Gasteiger partial charge in [0.15, 0.2) is 0 Å². The molecule has 1 aromatic heterocycles. The fraction of sp³-hybridized carbons (Fsp3) is 0.111. The lowest BCUT2D eigenvalue weighted by molar-refractivity contribution is 0.847. The van der Waals surface area contributed by atoms with Gasteiger partial charge in [-0.15, -0.1) is 11.6 Å². The number of nitrogens with zero attached hydrogens (tertiary/aromatic N) is 2. The molecular weight excluding hydrogens is 280 g/mol. The van der Waals surface area contributed by atoms with Crippen molar-refractivity contribution in [2.45, 2.75) is 11.8 Å². The molecule has 0 atom stereocenters. The van der Waals surface area contributed by atoms with Gasteiger partial charge < -0.3 is 0 Å². The molecule has 0 fully saturated rings. The van der Waals surface area contributed by atoms with Gasteiger partial charge in [-0.3, -0.25) is 0 Å². The summed E-state index contributed by atoms with van der Waals surface area (Å²) in [6.45, 7) is 0. The number of hydrogen-bond acceptors (Lipinski definition) is 2. The molecule has 0 spiro atoms. The first-order valence-corrected chi connectivity index (χ1v) is 7.38. The van der Waals surface area contributed by atoms with Crippen LogP contribution in [0.5, 0.6) is 0 Å². The summed E-state index contributed by atoms with van der Waals surface area (Å²) in [7, 11) is 0. The van der Waals surface area contributed by atoms with E-state index in [4.69, 9.17) is 11.6 Å². The largest absolute Gasteiger partial charge is 0.240 e. The van der Waals surface area contributed by atoms with Gasteiger partial charge in [-0.2, -0.15) is 0 Å². The van der Waals surface area contributed by atoms with E-state index in [-0.39, 0.29) is 5.92 Å². The molecule has 0 N–H and O–H groups in total. The maximum atomic E-state index is 5.81. The summed E-state index contributed by atoms with van der Waals surface area (Å²) in [4.78, 5) is 9.01. The van der Waals surface area contributed by atoms with Crippen LogP contribution in [0.1, 0.15) is 28.4 Å². The third-order valence-electron chi connectivity index (χ3n) is 3.40. The minimum Gasteiger partial charge on any atom is -0.240 e. The molecule has 3 heteroatoms. The lowest BCUT2D eigenvalue weighted by Crippen LogP contribution is -2.08. The fourth-order valence-electron chi connectivity index (χ4n) is 2.36. The van der Waals surface area contributed by atoms with Gasteiger partial charge in [0.05, 0.1) is 11.8 Å². The Morgan fingerprint density at radius 1 is 0.762 bits per heavy atom. The van der Waals surface area contributed by atoms with Crippen molar-refractivity contribution in [3.05, 3.63) is 95.6 Å². The number of halogens is 1. The van der Waals surface area contributed by atoms with Crippen LogP contribution in [0.3, 0.4) is 0 Å². The normalized spacial score (nSPS) is 10.8. The zero-order valence-corrected chi connectivity index (χ0v) is 12.2. The van der Waals surface area contributed by atoms with E-state index in [0.29, 0.717) is 5.88 Å². The van der Waals surface area contributed by atoms with Crippen molar-refractivity contribution in [3.8, 4) is 0 Å². The van der Waals surface area contributed by atoms with Gasteiger partial charge in [0, 0.05) is 18.0 Å². The minimum absolute atomic E-state index is 0.0387. The Hall–Kier alpha value is -2.19. The Kier molecular flexibility index (Phi) is 4.27. The highest BCUT2D eigenvalue weighted by molar-refractivity contribution is 6.17. The topological polar surface area (TPSA) is 25.8 Å². The summed E-state index contributed by atoms with van der Waals surface area (Å²) in [6.07, 6.45) is 3.60. The molecule has 1 heterocycles. The highest BCUT2D eigenvalue weighted by Gasteiger charge is 2.18. The Labute approximate surface area is 129 Å². The van der Waals surface area contributed by atoms with Crippen LogP contribution in [0.2, 0.25) is 0 Å². The SMILES string of the molecule is ClCc1cnc(C(c2ccccc2)c2ccccc2)nc1. The van der Waals surface area contributed by atoms with Crippen LogP contribution >= 0.6 is 11.6 Å². The Morgan fingerprint density at radius 3 is 1.67 bits per heavy atom. The van der Waals surface area contributed by atoms with Crippen LogP contribution in [-0.4, -0.2) is 9.97 Å². The Balaban J connectivity index is 2.07. The second-order valence-electron chi connectivity index (χ2n) is 4.84. The van der Waals surface area contributed by atoms with E-state index in [0.717, 1.165) is 11.4 Å². The van der Waals surface area contributed by atoms with Crippen molar-refractivity contribution >= 4 is 11.6 Å². The predicted molar refractivity (Wildman–Crippen MR) is 85.4 cm³/mol. The number of rotatable bonds is 4. The first-order valence-electron chi connectivity index (χ1n) is 6.85. The monoisotopic (exact) mass is 294 g/mol. The van der Waals surface area contributed by atoms with Crippen molar-refractivity contribution < 1.29 is 0 Å². The van der Waals surface area contributed by atoms with Gasteiger partial charge >= 0.3 is 0 Å². The molecule has 0 saturated heterocycles. The lowest BCUT2D eigenvalue weighted by Gasteiger charge is -2.16. The molecule has 0 aliphatic carbocycles. The van der Waals surface area contributed by atoms with E-state index < -0.39 is 0 Å². The van der Waals surface area contributed by atoms with Crippen molar-refractivity contribution in [2.75, 3.05) is 0 Å². The quantitative estimate of drug-likeness (QED) is 0.667. The average Bonchev–Trinajstić information content (AvgIpc) is 2.58. The molecule has 3 rings (SSSR count). The minimum atomic E-state index is 0.0387. The second-order valence-corrected chi connectivity index (χ2v) is 5.10. The zero-order valence-electron chi connectivity index (χ0n) is 11.5. The lowest BCUT2D eigenvalue weighted by atomic mass is 9.90. The smallest absolute Gasteiger partial charge is 0.140 e. The third kappa shape index (κ3) is 3.11. The van der Waals surface area contributed by atoms with Gasteiger partial charge in [-0.1, -0.05) is 60.7 Å². The van der Waals surface area contributed by atoms with E-state index in [9.17, 15) is 0 Å². The molecule has 0 unspecified atom stereocenters. The van der Waals surface area contributed by atoms with Crippen molar-refractivity contribution in [3.63, 3.8) is 0 Å². The van der Waals surface area contributed by atoms with E-state index in [1.165, 1.54) is 11.1 Å². The van der Waals surface area contributed by atoms with Crippen molar-refractivity contribution in [1.82, 2.24) is 9.97 Å². The maximum Gasteiger partial charge on any atom is 0.140 e. The van der Waals surface area contributed by atoms with Gasteiger partial charge in [-0.25, -0.2) is 9.97 Å². The molecule has 0 aliphatic heterocycles. The molecule has 3 aromatic rings.